The van der Waals surface area contributed by atoms with Crippen LogP contribution in [0.25, 0.3) is 21.3 Å². The maximum absolute atomic E-state index is 13.3. The molecule has 3 aromatic carbocycles. The van der Waals surface area contributed by atoms with E-state index in [1.807, 2.05) is 32.9 Å². The molecule has 0 saturated heterocycles. The van der Waals surface area contributed by atoms with E-state index in [9.17, 15) is 9.59 Å². The van der Waals surface area contributed by atoms with Crippen LogP contribution in [-0.4, -0.2) is 16.6 Å². The molecule has 1 heterocycles. The zero-order valence-corrected chi connectivity index (χ0v) is 57.2. The van der Waals surface area contributed by atoms with Crippen molar-refractivity contribution < 1.29 is 9.59 Å². The number of Topliss-reactive ketones (excluding diaryl/α,β-unsaturated/α-hetero) is 2. The van der Waals surface area contributed by atoms with Crippen LogP contribution in [0.1, 0.15) is 101 Å². The summed E-state index contributed by atoms with van der Waals surface area (Å²) in [4.78, 5) is 31.3. The van der Waals surface area contributed by atoms with Gasteiger partial charge in [-0.25, -0.2) is 0 Å². The Bertz CT molecular complexity index is 2100. The van der Waals surface area contributed by atoms with Crippen LogP contribution in [-0.2, 0) is 6.42 Å². The second-order valence-corrected chi connectivity index (χ2v) is 92.3. The van der Waals surface area contributed by atoms with Crippen LogP contribution in [0.3, 0.4) is 0 Å². The van der Waals surface area contributed by atoms with Crippen LogP contribution in [0.2, 0.25) is 0 Å². The summed E-state index contributed by atoms with van der Waals surface area (Å²) < 4.78 is 0. The number of fused-ring (bicyclic) bond motifs is 1. The summed E-state index contributed by atoms with van der Waals surface area (Å²) in [7, 11) is 31.1. The Morgan fingerprint density at radius 3 is 1.52 bits per heavy atom. The summed E-state index contributed by atoms with van der Waals surface area (Å²) in [6, 6.07) is 23.6. The highest BCUT2D eigenvalue weighted by molar-refractivity contribution is 9.31. The van der Waals surface area contributed by atoms with Gasteiger partial charge in [0.15, 0.2) is 11.6 Å². The van der Waals surface area contributed by atoms with Crippen molar-refractivity contribution in [2.75, 3.05) is 5.09 Å². The van der Waals surface area contributed by atoms with E-state index < -0.39 is 7.45 Å². The van der Waals surface area contributed by atoms with Gasteiger partial charge in [0.2, 0.25) is 0 Å². The van der Waals surface area contributed by atoms with Gasteiger partial charge >= 0.3 is 0 Å². The molecule has 348 valence electrons. The third kappa shape index (κ3) is 23.1. The highest BCUT2D eigenvalue weighted by Crippen LogP contribution is 3.27. The van der Waals surface area contributed by atoms with E-state index in [0.29, 0.717) is 29.5 Å². The lowest BCUT2D eigenvalue weighted by molar-refractivity contribution is 0.0931. The Morgan fingerprint density at radius 1 is 0.603 bits per heavy atom. The molecule has 26 heteroatoms. The van der Waals surface area contributed by atoms with Crippen LogP contribution in [0, 0.1) is 16.2 Å². The number of benzene rings is 3. The molecule has 4 rings (SSSR count). The van der Waals surface area contributed by atoms with Gasteiger partial charge < -0.3 is 10.1 Å². The zero-order valence-electron chi connectivity index (χ0n) is 37.6. The van der Waals surface area contributed by atoms with E-state index >= 15 is 0 Å². The van der Waals surface area contributed by atoms with Gasteiger partial charge in [-0.05, 0) is 93.9 Å². The molecule has 0 spiro atoms. The van der Waals surface area contributed by atoms with E-state index in [0.717, 1.165) is 17.7 Å². The monoisotopic (exact) mass is 1200 g/mol. The van der Waals surface area contributed by atoms with Crippen molar-refractivity contribution in [1.82, 2.24) is 4.98 Å². The molecule has 7 nitrogen and oxygen atoms in total. The SMILES string of the molecule is CC(C)(C)CC(=O)c1ccccc1N=[N+]=[N-].CC(C)(C)CC(=O)c1ccccc1NP(P(P(P)P)P(P)P)P(P(P)P)P(P(P)P)P(P)P.CC(C)(C)Cc1c[nH]c2ccccc12. The van der Waals surface area contributed by atoms with E-state index in [1.54, 1.807) is 24.3 Å². The molecule has 4 aromatic rings. The average Bonchev–Trinajstić information content (AvgIpc) is 3.53. The number of aromatic nitrogens is 1. The van der Waals surface area contributed by atoms with Gasteiger partial charge in [-0.15, -0.1) is 89.3 Å². The Hall–Kier alpha value is 3.82. The molecule has 0 bridgehead atoms. The molecule has 2 N–H and O–H groups in total. The van der Waals surface area contributed by atoms with Crippen molar-refractivity contribution >= 4 is 186 Å². The lowest BCUT2D eigenvalue weighted by Gasteiger charge is -2.45. The smallest absolute Gasteiger partial charge is 0.165 e. The van der Waals surface area contributed by atoms with Crippen LogP contribution in [0.4, 0.5) is 11.4 Å². The second kappa shape index (κ2) is 30.1. The summed E-state index contributed by atoms with van der Waals surface area (Å²) in [5.41, 5.74) is 14.1. The topological polar surface area (TPSA) is 111 Å². The number of rotatable bonds is 16. The van der Waals surface area contributed by atoms with E-state index in [2.05, 4.69) is 194 Å². The standard InChI is InChI=1S/C13H17N.C12H15N3O.C12H36NOP19/c1-13(2,3)8-10-9-14-12-7-5-4-6-11(10)12;1-12(2,3)8-11(16)9-6-4-5-7-10(9)14-15-13;1-12(2,3)8-11(14)9-6-4-5-7-10(9)13-25(31(26(15)16)27(17)18)32(28(19)20)33(29(21)22)30(23)24/h4-7,9,14H,8H2,1-3H3;4-7H,8H2,1-3H3;4-7,13H,8,15-24H2,1-3H3. The largest absolute Gasteiger partial charge is 0.361 e. The maximum Gasteiger partial charge on any atom is 0.165 e. The highest BCUT2D eigenvalue weighted by Gasteiger charge is 2.43. The number of para-hydroxylation sites is 2. The van der Waals surface area contributed by atoms with Gasteiger partial charge in [-0.3, -0.25) is 9.59 Å². The molecule has 0 aliphatic rings. The number of azide groups is 1. The fourth-order valence-corrected chi connectivity index (χ4v) is 209. The number of ketones is 2. The fraction of sp³-hybridized carbons (Fsp3) is 0.405. The van der Waals surface area contributed by atoms with E-state index in [1.165, 1.54) is 16.5 Å². The Labute approximate surface area is 412 Å². The first-order valence-electron chi connectivity index (χ1n) is 19.4. The molecule has 63 heavy (non-hydrogen) atoms. The molecule has 0 fully saturated rings. The van der Waals surface area contributed by atoms with Gasteiger partial charge in [0.05, 0.1) is 7.45 Å². The number of nitrogens with one attached hydrogen (secondary N) is 2. The van der Waals surface area contributed by atoms with Crippen molar-refractivity contribution in [3.63, 3.8) is 0 Å². The summed E-state index contributed by atoms with van der Waals surface area (Å²) in [6.45, 7) is 17.6. The third-order valence-electron chi connectivity index (χ3n) is 8.11. The molecule has 12 unspecified atom stereocenters. The molecular weight excluding hydrogens is 1130 g/mol. The van der Waals surface area contributed by atoms with Crippen LogP contribution >= 0.6 is 153 Å². The maximum atomic E-state index is 13.3. The van der Waals surface area contributed by atoms with Gasteiger partial charge in [0, 0.05) is 71.3 Å². The fourth-order valence-electron chi connectivity index (χ4n) is 5.83. The molecule has 0 radical (unpaired) electrons. The minimum Gasteiger partial charge on any atom is -0.361 e. The summed E-state index contributed by atoms with van der Waals surface area (Å²) in [6.07, 6.45) is 4.25. The lowest BCUT2D eigenvalue weighted by Crippen LogP contribution is -2.14. The predicted octanol–water partition coefficient (Wildman–Crippen LogP) is 22.2. The van der Waals surface area contributed by atoms with Gasteiger partial charge in [-0.1, -0.05) is 122 Å². The molecule has 0 amide bonds. The number of nitrogens with zero attached hydrogens (tertiary/aromatic N) is 3. The highest BCUT2D eigenvalue weighted by atomic mass is 33.3. The normalized spacial score (nSPS) is 13.2. The van der Waals surface area contributed by atoms with Crippen molar-refractivity contribution in [2.45, 2.75) is 81.6 Å². The van der Waals surface area contributed by atoms with E-state index in [4.69, 9.17) is 5.53 Å². The second-order valence-electron chi connectivity index (χ2n) is 17.8. The summed E-state index contributed by atoms with van der Waals surface area (Å²) >= 11 is 0. The Kier molecular flexibility index (Phi) is 30.1. The van der Waals surface area contributed by atoms with Gasteiger partial charge in [-0.2, -0.15) is 0 Å². The van der Waals surface area contributed by atoms with Crippen LogP contribution in [0.5, 0.6) is 0 Å². The van der Waals surface area contributed by atoms with Crippen molar-refractivity contribution in [3.05, 3.63) is 106 Å². The number of carbonyl (C=O) groups excluding carboxylic acids is 2. The summed E-state index contributed by atoms with van der Waals surface area (Å²) in [5.74, 6) is 0.252. The number of hydrogen-bond acceptors (Lipinski definition) is 4. The van der Waals surface area contributed by atoms with Crippen molar-refractivity contribution in [1.29, 1.82) is 0 Å². The molecule has 0 aliphatic carbocycles. The average molecular weight is 1200 g/mol. The predicted molar refractivity (Wildman–Crippen MR) is 343 cm³/mol. The number of aromatic amines is 1. The first kappa shape index (κ1) is 62.9. The van der Waals surface area contributed by atoms with E-state index in [-0.39, 0.29) is 78.3 Å². The lowest BCUT2D eigenvalue weighted by atomic mass is 9.87. The molecule has 0 aliphatic heterocycles. The quantitative estimate of drug-likeness (QED) is 0.0383. The minimum atomic E-state index is -0.464. The molecule has 0 saturated carbocycles. The number of hydrogen-bond donors (Lipinski definition) is 2. The molecule has 1 aromatic heterocycles. The first-order chi connectivity index (χ1) is 29.1. The zero-order chi connectivity index (χ0) is 48.0. The Balaban J connectivity index is 0.000000373. The molecule has 12 atom stereocenters. The number of anilines is 1. The van der Waals surface area contributed by atoms with Crippen LogP contribution < -0.4 is 5.09 Å². The number of carbonyl (C=O) groups is 2. The molecular formula is C37H68N5O2P19. The van der Waals surface area contributed by atoms with Crippen molar-refractivity contribution in [2.24, 2.45) is 21.4 Å². The Morgan fingerprint density at radius 2 is 1.05 bits per heavy atom. The van der Waals surface area contributed by atoms with Gasteiger partial charge in [0.25, 0.3) is 0 Å². The van der Waals surface area contributed by atoms with Gasteiger partial charge in [0.1, 0.15) is 0 Å². The first-order valence-corrected chi connectivity index (χ1v) is 53.3. The number of H-pyrrole nitrogens is 1. The van der Waals surface area contributed by atoms with Crippen LogP contribution in [0.15, 0.2) is 84.1 Å². The summed E-state index contributed by atoms with van der Waals surface area (Å²) in [5, 5.41) is 9.00. The minimum absolute atomic E-state index is 0.00972. The van der Waals surface area contributed by atoms with Crippen molar-refractivity contribution in [3.8, 4) is 0 Å². The third-order valence-corrected chi connectivity index (χ3v) is 122.